The van der Waals surface area contributed by atoms with Crippen molar-refractivity contribution in [3.63, 3.8) is 0 Å². The summed E-state index contributed by atoms with van der Waals surface area (Å²) in [5, 5.41) is 4.42. The first-order chi connectivity index (χ1) is 14.6. The molecule has 0 saturated carbocycles. The van der Waals surface area contributed by atoms with E-state index >= 15 is 0 Å². The number of amides is 1. The molecule has 3 rings (SSSR count). The fourth-order valence-corrected chi connectivity index (χ4v) is 5.64. The molecule has 0 bridgehead atoms. The van der Waals surface area contributed by atoms with E-state index in [0.29, 0.717) is 30.4 Å². The summed E-state index contributed by atoms with van der Waals surface area (Å²) in [6.45, 7) is 9.37. The predicted octanol–water partition coefficient (Wildman–Crippen LogP) is 2.69. The van der Waals surface area contributed by atoms with E-state index in [-0.39, 0.29) is 42.2 Å². The fraction of sp³-hybridized carbons (Fsp3) is 0.524. The Morgan fingerprint density at radius 1 is 1.23 bits per heavy atom. The standard InChI is InChI=1S/C21H29ClN4O4S/c1-15(2)25(13-18-6-5-7-19(22)12-18)14-20(27)24-8-10-26(11-9-24)31(28,29)21-16(3)23-30-17(21)4/h5-7,12,15H,8-11,13-14H2,1-4H3. The molecule has 170 valence electrons. The minimum absolute atomic E-state index is 0.00915. The highest BCUT2D eigenvalue weighted by atomic mass is 35.5. The lowest BCUT2D eigenvalue weighted by Gasteiger charge is -2.35. The highest BCUT2D eigenvalue weighted by molar-refractivity contribution is 7.89. The maximum absolute atomic E-state index is 13.0. The lowest BCUT2D eigenvalue weighted by Crippen LogP contribution is -2.53. The molecule has 1 aliphatic rings. The second kappa shape index (κ2) is 9.68. The van der Waals surface area contributed by atoms with Gasteiger partial charge in [-0.3, -0.25) is 9.69 Å². The molecule has 8 nitrogen and oxygen atoms in total. The van der Waals surface area contributed by atoms with Crippen LogP contribution in [0.1, 0.15) is 30.9 Å². The van der Waals surface area contributed by atoms with E-state index in [1.54, 1.807) is 18.7 Å². The van der Waals surface area contributed by atoms with Crippen LogP contribution in [0.25, 0.3) is 0 Å². The lowest BCUT2D eigenvalue weighted by molar-refractivity contribution is -0.134. The predicted molar refractivity (Wildman–Crippen MR) is 118 cm³/mol. The Bertz CT molecular complexity index is 1010. The van der Waals surface area contributed by atoms with Crippen molar-refractivity contribution in [1.82, 2.24) is 19.3 Å². The van der Waals surface area contributed by atoms with Gasteiger partial charge in [-0.05, 0) is 45.4 Å². The van der Waals surface area contributed by atoms with Crippen molar-refractivity contribution >= 4 is 27.5 Å². The molecule has 0 aliphatic carbocycles. The lowest BCUT2D eigenvalue weighted by atomic mass is 10.2. The molecule has 1 saturated heterocycles. The Morgan fingerprint density at radius 3 is 2.45 bits per heavy atom. The molecule has 10 heteroatoms. The molecule has 31 heavy (non-hydrogen) atoms. The van der Waals surface area contributed by atoms with Crippen molar-refractivity contribution < 1.29 is 17.7 Å². The van der Waals surface area contributed by atoms with Crippen molar-refractivity contribution in [3.05, 3.63) is 46.3 Å². The van der Waals surface area contributed by atoms with Crippen LogP contribution in [-0.2, 0) is 21.4 Å². The highest BCUT2D eigenvalue weighted by Crippen LogP contribution is 2.24. The number of nitrogens with zero attached hydrogens (tertiary/aromatic N) is 4. The van der Waals surface area contributed by atoms with Gasteiger partial charge in [0.05, 0.1) is 6.54 Å². The van der Waals surface area contributed by atoms with Crippen molar-refractivity contribution in [2.24, 2.45) is 0 Å². The van der Waals surface area contributed by atoms with Crippen LogP contribution >= 0.6 is 11.6 Å². The van der Waals surface area contributed by atoms with Crippen LogP contribution in [-0.4, -0.2) is 72.4 Å². The van der Waals surface area contributed by atoms with Gasteiger partial charge in [0.2, 0.25) is 15.9 Å². The first-order valence-corrected chi connectivity index (χ1v) is 12.1. The molecular formula is C21H29ClN4O4S. The molecule has 0 atom stereocenters. The van der Waals surface area contributed by atoms with E-state index in [0.717, 1.165) is 5.56 Å². The summed E-state index contributed by atoms with van der Waals surface area (Å²) >= 11 is 6.09. The van der Waals surface area contributed by atoms with Gasteiger partial charge in [-0.15, -0.1) is 0 Å². The zero-order valence-corrected chi connectivity index (χ0v) is 19.9. The third-order valence-corrected chi connectivity index (χ3v) is 7.88. The first kappa shape index (κ1) is 23.7. The van der Waals surface area contributed by atoms with Crippen LogP contribution in [0.4, 0.5) is 0 Å². The maximum Gasteiger partial charge on any atom is 0.248 e. The van der Waals surface area contributed by atoms with Gasteiger partial charge in [-0.2, -0.15) is 4.31 Å². The Labute approximate surface area is 188 Å². The summed E-state index contributed by atoms with van der Waals surface area (Å²) < 4.78 is 32.4. The fourth-order valence-electron chi connectivity index (χ4n) is 3.71. The van der Waals surface area contributed by atoms with Crippen molar-refractivity contribution in [2.75, 3.05) is 32.7 Å². The zero-order chi connectivity index (χ0) is 22.8. The van der Waals surface area contributed by atoms with Crippen molar-refractivity contribution in [2.45, 2.75) is 45.2 Å². The van der Waals surface area contributed by atoms with E-state index in [1.165, 1.54) is 4.31 Å². The average molecular weight is 469 g/mol. The summed E-state index contributed by atoms with van der Waals surface area (Å²) in [6.07, 6.45) is 0. The number of carbonyl (C=O) groups excluding carboxylic acids is 1. The summed E-state index contributed by atoms with van der Waals surface area (Å²) in [5.41, 5.74) is 1.40. The molecule has 2 heterocycles. The van der Waals surface area contributed by atoms with E-state index in [4.69, 9.17) is 16.1 Å². The molecule has 2 aromatic rings. The van der Waals surface area contributed by atoms with Gasteiger partial charge in [-0.25, -0.2) is 8.42 Å². The number of sulfonamides is 1. The maximum atomic E-state index is 13.0. The molecular weight excluding hydrogens is 440 g/mol. The summed E-state index contributed by atoms with van der Waals surface area (Å²) in [4.78, 5) is 16.9. The monoisotopic (exact) mass is 468 g/mol. The highest BCUT2D eigenvalue weighted by Gasteiger charge is 2.34. The topological polar surface area (TPSA) is 87.0 Å². The second-order valence-corrected chi connectivity index (χ2v) is 10.4. The smallest absolute Gasteiger partial charge is 0.248 e. The van der Waals surface area contributed by atoms with Gasteiger partial charge in [0.1, 0.15) is 10.6 Å². The number of hydrogen-bond acceptors (Lipinski definition) is 6. The third-order valence-electron chi connectivity index (χ3n) is 5.50. The molecule has 1 aromatic carbocycles. The molecule has 0 N–H and O–H groups in total. The van der Waals surface area contributed by atoms with Gasteiger partial charge in [0, 0.05) is 43.8 Å². The van der Waals surface area contributed by atoms with Gasteiger partial charge in [-0.1, -0.05) is 28.9 Å². The molecule has 1 fully saturated rings. The van der Waals surface area contributed by atoms with Crippen molar-refractivity contribution in [3.8, 4) is 0 Å². The van der Waals surface area contributed by atoms with Crippen LogP contribution in [0.2, 0.25) is 5.02 Å². The Kier molecular flexibility index (Phi) is 7.41. The molecule has 1 amide bonds. The van der Waals surface area contributed by atoms with E-state index in [9.17, 15) is 13.2 Å². The average Bonchev–Trinajstić information content (AvgIpc) is 3.06. The van der Waals surface area contributed by atoms with Crippen LogP contribution in [0.15, 0.2) is 33.7 Å². The SMILES string of the molecule is Cc1noc(C)c1S(=O)(=O)N1CCN(C(=O)CN(Cc2cccc(Cl)c2)C(C)C)CC1. The number of benzene rings is 1. The van der Waals surface area contributed by atoms with E-state index in [2.05, 4.69) is 10.1 Å². The van der Waals surface area contributed by atoms with Gasteiger partial charge in [0.15, 0.2) is 5.76 Å². The van der Waals surface area contributed by atoms with Crippen LogP contribution < -0.4 is 0 Å². The second-order valence-electron chi connectivity index (χ2n) is 8.07. The van der Waals surface area contributed by atoms with Gasteiger partial charge >= 0.3 is 0 Å². The Balaban J connectivity index is 1.61. The zero-order valence-electron chi connectivity index (χ0n) is 18.3. The number of halogens is 1. The Hall–Kier alpha value is -1.94. The number of carbonyl (C=O) groups is 1. The van der Waals surface area contributed by atoms with E-state index in [1.807, 2.05) is 38.1 Å². The molecule has 0 spiro atoms. The largest absolute Gasteiger partial charge is 0.360 e. The number of aromatic nitrogens is 1. The number of aryl methyl sites for hydroxylation is 2. The summed E-state index contributed by atoms with van der Waals surface area (Å²) in [6, 6.07) is 7.79. The van der Waals surface area contributed by atoms with E-state index < -0.39 is 10.0 Å². The summed E-state index contributed by atoms with van der Waals surface area (Å²) in [5.74, 6) is 0.273. The van der Waals surface area contributed by atoms with Crippen LogP contribution in [0.3, 0.4) is 0 Å². The molecule has 1 aliphatic heterocycles. The molecule has 0 radical (unpaired) electrons. The van der Waals surface area contributed by atoms with Crippen LogP contribution in [0.5, 0.6) is 0 Å². The molecule has 0 unspecified atom stereocenters. The number of rotatable bonds is 7. The number of piperazine rings is 1. The van der Waals surface area contributed by atoms with Gasteiger partial charge < -0.3 is 9.42 Å². The minimum atomic E-state index is -3.69. The quantitative estimate of drug-likeness (QED) is 0.621. The van der Waals surface area contributed by atoms with Crippen LogP contribution in [0, 0.1) is 13.8 Å². The van der Waals surface area contributed by atoms with Crippen molar-refractivity contribution in [1.29, 1.82) is 0 Å². The first-order valence-electron chi connectivity index (χ1n) is 10.3. The number of hydrogen-bond donors (Lipinski definition) is 0. The normalized spacial score (nSPS) is 15.8. The molecule has 1 aromatic heterocycles. The Morgan fingerprint density at radius 2 is 1.90 bits per heavy atom. The summed E-state index contributed by atoms with van der Waals surface area (Å²) in [7, 11) is -3.69. The third kappa shape index (κ3) is 5.46. The minimum Gasteiger partial charge on any atom is -0.360 e. The van der Waals surface area contributed by atoms with Gasteiger partial charge in [0.25, 0.3) is 0 Å².